The fourth-order valence-corrected chi connectivity index (χ4v) is 1.20. The summed E-state index contributed by atoms with van der Waals surface area (Å²) in [5.74, 6) is -0.682. The van der Waals surface area contributed by atoms with E-state index in [1.807, 2.05) is 20.8 Å². The van der Waals surface area contributed by atoms with Crippen molar-refractivity contribution in [3.8, 4) is 0 Å². The van der Waals surface area contributed by atoms with Gasteiger partial charge in [-0.2, -0.15) is 0 Å². The van der Waals surface area contributed by atoms with Gasteiger partial charge in [0, 0.05) is 0 Å². The first-order valence-corrected chi connectivity index (χ1v) is 5.35. The van der Waals surface area contributed by atoms with Gasteiger partial charge in [-0.1, -0.05) is 6.92 Å². The molecule has 1 unspecified atom stereocenters. The highest BCUT2D eigenvalue weighted by atomic mass is 16.5. The van der Waals surface area contributed by atoms with E-state index in [0.29, 0.717) is 13.0 Å². The van der Waals surface area contributed by atoms with Crippen LogP contribution in [0, 0.1) is 0 Å². The normalized spacial score (nSPS) is 12.6. The number of rotatable bonds is 7. The van der Waals surface area contributed by atoms with Crippen LogP contribution < -0.4 is 0 Å². The van der Waals surface area contributed by atoms with E-state index in [2.05, 4.69) is 0 Å². The Balaban J connectivity index is 4.09. The van der Waals surface area contributed by atoms with E-state index in [4.69, 9.17) is 9.47 Å². The minimum Gasteiger partial charge on any atom is -0.466 e. The summed E-state index contributed by atoms with van der Waals surface area (Å²) in [5, 5.41) is 0. The van der Waals surface area contributed by atoms with E-state index in [9.17, 15) is 9.59 Å². The Bertz CT molecular complexity index is 211. The van der Waals surface area contributed by atoms with Crippen LogP contribution in [0.3, 0.4) is 0 Å². The molecule has 15 heavy (non-hydrogen) atoms. The highest BCUT2D eigenvalue weighted by Crippen LogP contribution is 2.06. The molecule has 0 saturated carbocycles. The van der Waals surface area contributed by atoms with Crippen molar-refractivity contribution in [2.24, 2.45) is 0 Å². The summed E-state index contributed by atoms with van der Waals surface area (Å²) in [6.45, 7) is 7.59. The van der Waals surface area contributed by atoms with Crippen LogP contribution in [0.2, 0.25) is 0 Å². The molecule has 0 aromatic heterocycles. The molecule has 0 aromatic rings. The lowest BCUT2D eigenvalue weighted by molar-refractivity contribution is -0.149. The molecule has 0 aliphatic rings. The maximum Gasteiger partial charge on any atom is 0.313 e. The lowest BCUT2D eigenvalue weighted by atomic mass is 10.1. The lowest BCUT2D eigenvalue weighted by Gasteiger charge is -2.17. The zero-order valence-corrected chi connectivity index (χ0v) is 9.91. The van der Waals surface area contributed by atoms with Crippen LogP contribution in [0.4, 0.5) is 0 Å². The van der Waals surface area contributed by atoms with Crippen molar-refractivity contribution in [3.05, 3.63) is 0 Å². The monoisotopic (exact) mass is 216 g/mol. The third-order valence-corrected chi connectivity index (χ3v) is 1.79. The van der Waals surface area contributed by atoms with Gasteiger partial charge in [-0.05, 0) is 27.2 Å². The summed E-state index contributed by atoms with van der Waals surface area (Å²) in [6, 6.07) is 0. The van der Waals surface area contributed by atoms with Crippen LogP contribution in [0.5, 0.6) is 0 Å². The molecule has 0 amide bonds. The van der Waals surface area contributed by atoms with Gasteiger partial charge in [-0.15, -0.1) is 0 Å². The number of hydrogen-bond acceptors (Lipinski definition) is 4. The summed E-state index contributed by atoms with van der Waals surface area (Å²) < 4.78 is 10.1. The predicted octanol–water partition coefficient (Wildman–Crippen LogP) is 1.71. The molecule has 0 bridgehead atoms. The highest BCUT2D eigenvalue weighted by molar-refractivity contribution is 5.97. The van der Waals surface area contributed by atoms with Crippen molar-refractivity contribution < 1.29 is 19.1 Å². The summed E-state index contributed by atoms with van der Waals surface area (Å²) in [4.78, 5) is 22.6. The Kier molecular flexibility index (Phi) is 6.96. The quantitative estimate of drug-likeness (QED) is 0.480. The fraction of sp³-hybridized carbons (Fsp3) is 0.818. The molecule has 0 aromatic carbocycles. The molecule has 0 saturated heterocycles. The van der Waals surface area contributed by atoms with E-state index >= 15 is 0 Å². The Morgan fingerprint density at radius 3 is 2.20 bits per heavy atom. The van der Waals surface area contributed by atoms with Gasteiger partial charge in [0.05, 0.1) is 12.7 Å². The highest BCUT2D eigenvalue weighted by Gasteiger charge is 2.21. The van der Waals surface area contributed by atoms with Gasteiger partial charge in [-0.3, -0.25) is 9.59 Å². The first kappa shape index (κ1) is 14.1. The molecule has 0 aliphatic carbocycles. The summed E-state index contributed by atoms with van der Waals surface area (Å²) >= 11 is 0. The van der Waals surface area contributed by atoms with Crippen LogP contribution in [0.25, 0.3) is 0 Å². The molecule has 4 heteroatoms. The molecular formula is C11H20O4. The topological polar surface area (TPSA) is 52.6 Å². The van der Waals surface area contributed by atoms with Crippen molar-refractivity contribution in [2.75, 3.05) is 6.61 Å². The summed E-state index contributed by atoms with van der Waals surface area (Å²) in [7, 11) is 0. The Morgan fingerprint density at radius 2 is 1.80 bits per heavy atom. The first-order chi connectivity index (χ1) is 7.01. The van der Waals surface area contributed by atoms with Gasteiger partial charge in [0.2, 0.25) is 0 Å². The van der Waals surface area contributed by atoms with E-state index in [-0.39, 0.29) is 18.3 Å². The molecule has 0 fully saturated rings. The molecule has 0 rings (SSSR count). The number of carbonyl (C=O) groups excluding carboxylic acids is 2. The van der Waals surface area contributed by atoms with Gasteiger partial charge in [-0.25, -0.2) is 0 Å². The number of esters is 1. The van der Waals surface area contributed by atoms with Crippen LogP contribution in [-0.4, -0.2) is 30.6 Å². The van der Waals surface area contributed by atoms with Crippen molar-refractivity contribution in [2.45, 2.75) is 52.7 Å². The summed E-state index contributed by atoms with van der Waals surface area (Å²) in [6.07, 6.45) is -0.120. The van der Waals surface area contributed by atoms with Crippen LogP contribution in [-0.2, 0) is 19.1 Å². The zero-order valence-electron chi connectivity index (χ0n) is 9.91. The number of Topliss-reactive ketones (excluding diaryl/α,β-unsaturated/α-hetero) is 1. The van der Waals surface area contributed by atoms with Crippen molar-refractivity contribution >= 4 is 11.8 Å². The van der Waals surface area contributed by atoms with E-state index < -0.39 is 12.1 Å². The van der Waals surface area contributed by atoms with E-state index in [0.717, 1.165) is 0 Å². The molecule has 0 spiro atoms. The molecule has 0 radical (unpaired) electrons. The molecule has 1 atom stereocenters. The molecule has 4 nitrogen and oxygen atoms in total. The SMILES string of the molecule is CCOC(=O)CC(=O)C(CC)OC(C)C. The predicted molar refractivity (Wildman–Crippen MR) is 56.6 cm³/mol. The second kappa shape index (κ2) is 7.40. The van der Waals surface area contributed by atoms with Crippen molar-refractivity contribution in [1.82, 2.24) is 0 Å². The third-order valence-electron chi connectivity index (χ3n) is 1.79. The molecule has 0 heterocycles. The lowest BCUT2D eigenvalue weighted by Crippen LogP contribution is -2.28. The number of ether oxygens (including phenoxy) is 2. The first-order valence-electron chi connectivity index (χ1n) is 5.35. The van der Waals surface area contributed by atoms with Gasteiger partial charge in [0.15, 0.2) is 5.78 Å². The largest absolute Gasteiger partial charge is 0.466 e. The zero-order chi connectivity index (χ0) is 11.8. The van der Waals surface area contributed by atoms with Crippen molar-refractivity contribution in [3.63, 3.8) is 0 Å². The van der Waals surface area contributed by atoms with Gasteiger partial charge < -0.3 is 9.47 Å². The van der Waals surface area contributed by atoms with Crippen molar-refractivity contribution in [1.29, 1.82) is 0 Å². The van der Waals surface area contributed by atoms with Gasteiger partial charge >= 0.3 is 5.97 Å². The minimum atomic E-state index is -0.491. The molecular weight excluding hydrogens is 196 g/mol. The van der Waals surface area contributed by atoms with E-state index in [1.165, 1.54) is 0 Å². The van der Waals surface area contributed by atoms with Gasteiger partial charge in [0.25, 0.3) is 0 Å². The summed E-state index contributed by atoms with van der Waals surface area (Å²) in [5.41, 5.74) is 0. The Morgan fingerprint density at radius 1 is 1.20 bits per heavy atom. The fourth-order valence-electron chi connectivity index (χ4n) is 1.20. The number of hydrogen-bond donors (Lipinski definition) is 0. The third kappa shape index (κ3) is 6.23. The maximum atomic E-state index is 11.6. The standard InChI is InChI=1S/C11H20O4/c1-5-10(15-8(3)4)9(12)7-11(13)14-6-2/h8,10H,5-7H2,1-4H3. The van der Waals surface area contributed by atoms with Crippen LogP contribution in [0.1, 0.15) is 40.5 Å². The van der Waals surface area contributed by atoms with Crippen LogP contribution in [0.15, 0.2) is 0 Å². The number of carbonyl (C=O) groups is 2. The average molecular weight is 216 g/mol. The average Bonchev–Trinajstić information content (AvgIpc) is 2.13. The number of ketones is 1. The van der Waals surface area contributed by atoms with Crippen LogP contribution >= 0.6 is 0 Å². The molecule has 88 valence electrons. The second-order valence-electron chi connectivity index (χ2n) is 3.53. The van der Waals surface area contributed by atoms with Gasteiger partial charge in [0.1, 0.15) is 12.5 Å². The molecule has 0 N–H and O–H groups in total. The van der Waals surface area contributed by atoms with E-state index in [1.54, 1.807) is 6.92 Å². The smallest absolute Gasteiger partial charge is 0.313 e. The Labute approximate surface area is 90.9 Å². The minimum absolute atomic E-state index is 0.0129. The second-order valence-corrected chi connectivity index (χ2v) is 3.53. The molecule has 0 aliphatic heterocycles. The Hall–Kier alpha value is -0.900. The maximum absolute atomic E-state index is 11.6.